The Kier molecular flexibility index (Phi) is 5.22. The van der Waals surface area contributed by atoms with Crippen LogP contribution in [-0.2, 0) is 9.53 Å². The lowest BCUT2D eigenvalue weighted by Crippen LogP contribution is -2.58. The summed E-state index contributed by atoms with van der Waals surface area (Å²) in [5.41, 5.74) is 5.94. The number of nitrogens with two attached hydrogens (primary N) is 1. The van der Waals surface area contributed by atoms with E-state index in [-0.39, 0.29) is 17.4 Å². The molecule has 0 radical (unpaired) electrons. The summed E-state index contributed by atoms with van der Waals surface area (Å²) >= 11 is 0. The summed E-state index contributed by atoms with van der Waals surface area (Å²) in [5.74, 6) is -0.232. The molecule has 0 spiro atoms. The van der Waals surface area contributed by atoms with Crippen LogP contribution in [0.2, 0.25) is 0 Å². The Hall–Kier alpha value is -0.610. The Morgan fingerprint density at radius 3 is 2.37 bits per heavy atom. The molecule has 19 heavy (non-hydrogen) atoms. The van der Waals surface area contributed by atoms with E-state index in [2.05, 4.69) is 4.90 Å². The van der Waals surface area contributed by atoms with Gasteiger partial charge in [-0.3, -0.25) is 9.69 Å². The van der Waals surface area contributed by atoms with Crippen LogP contribution < -0.4 is 5.73 Å². The van der Waals surface area contributed by atoms with Crippen LogP contribution in [-0.4, -0.2) is 42.6 Å². The zero-order valence-electron chi connectivity index (χ0n) is 12.2. The molecule has 0 aromatic carbocycles. The predicted molar refractivity (Wildman–Crippen MR) is 75.8 cm³/mol. The summed E-state index contributed by atoms with van der Waals surface area (Å²) in [6, 6.07) is 0. The Labute approximate surface area is 116 Å². The fraction of sp³-hybridized carbons (Fsp3) is 0.933. The topological polar surface area (TPSA) is 55.6 Å². The molecule has 1 atom stereocenters. The Balaban J connectivity index is 2.21. The summed E-state index contributed by atoms with van der Waals surface area (Å²) in [6.07, 6.45) is 8.43. The highest BCUT2D eigenvalue weighted by atomic mass is 16.5. The quantitative estimate of drug-likeness (QED) is 0.774. The second-order valence-electron chi connectivity index (χ2n) is 5.90. The third kappa shape index (κ3) is 2.95. The summed E-state index contributed by atoms with van der Waals surface area (Å²) < 4.78 is 5.29. The van der Waals surface area contributed by atoms with Crippen LogP contribution in [0.25, 0.3) is 0 Å². The van der Waals surface area contributed by atoms with Gasteiger partial charge >= 0.3 is 5.97 Å². The Bertz CT molecular complexity index is 295. The molecule has 0 amide bonds. The van der Waals surface area contributed by atoms with Gasteiger partial charge in [-0.1, -0.05) is 19.3 Å². The maximum absolute atomic E-state index is 12.3. The van der Waals surface area contributed by atoms with Gasteiger partial charge in [0, 0.05) is 12.1 Å². The third-order valence-corrected chi connectivity index (χ3v) is 4.91. The molecule has 0 aromatic rings. The van der Waals surface area contributed by atoms with Crippen molar-refractivity contribution < 1.29 is 9.53 Å². The molecule has 1 unspecified atom stereocenters. The van der Waals surface area contributed by atoms with Crippen LogP contribution in [0, 0.1) is 5.92 Å². The number of hydrogen-bond acceptors (Lipinski definition) is 4. The summed E-state index contributed by atoms with van der Waals surface area (Å²) in [5, 5.41) is 0. The first kappa shape index (κ1) is 14.8. The van der Waals surface area contributed by atoms with Crippen LogP contribution >= 0.6 is 0 Å². The molecule has 0 aromatic heterocycles. The lowest BCUT2D eigenvalue weighted by atomic mass is 9.71. The molecule has 1 saturated carbocycles. The van der Waals surface area contributed by atoms with Gasteiger partial charge in [0.15, 0.2) is 0 Å². The fourth-order valence-corrected chi connectivity index (χ4v) is 3.99. The van der Waals surface area contributed by atoms with Crippen molar-refractivity contribution in [3.8, 4) is 0 Å². The molecule has 2 rings (SSSR count). The standard InChI is InChI=1S/C15H28N2O2/c1-2-19-14(18)13(12-16)15(8-4-3-5-9-15)17-10-6-7-11-17/h13H,2-12,16H2,1H3. The average molecular weight is 268 g/mol. The van der Waals surface area contributed by atoms with Gasteiger partial charge in [-0.15, -0.1) is 0 Å². The van der Waals surface area contributed by atoms with Gasteiger partial charge in [-0.2, -0.15) is 0 Å². The van der Waals surface area contributed by atoms with Gasteiger partial charge in [0.2, 0.25) is 0 Å². The molecule has 4 heteroatoms. The second kappa shape index (κ2) is 6.71. The van der Waals surface area contributed by atoms with E-state index in [0.717, 1.165) is 25.9 Å². The van der Waals surface area contributed by atoms with Crippen molar-refractivity contribution in [2.24, 2.45) is 11.7 Å². The zero-order chi connectivity index (χ0) is 13.7. The first-order valence-electron chi connectivity index (χ1n) is 7.86. The minimum absolute atomic E-state index is 0.0181. The van der Waals surface area contributed by atoms with Gasteiger partial charge in [0.05, 0.1) is 12.5 Å². The molecule has 0 bridgehead atoms. The number of likely N-dealkylation sites (tertiary alicyclic amines) is 1. The molecule has 2 aliphatic rings. The number of esters is 1. The summed E-state index contributed by atoms with van der Waals surface area (Å²) in [4.78, 5) is 14.8. The van der Waals surface area contributed by atoms with E-state index in [0.29, 0.717) is 13.2 Å². The molecule has 4 nitrogen and oxygen atoms in total. The van der Waals surface area contributed by atoms with Crippen molar-refractivity contribution in [2.75, 3.05) is 26.2 Å². The van der Waals surface area contributed by atoms with Gasteiger partial charge in [0.25, 0.3) is 0 Å². The van der Waals surface area contributed by atoms with Gasteiger partial charge in [0.1, 0.15) is 0 Å². The van der Waals surface area contributed by atoms with Crippen molar-refractivity contribution in [3.63, 3.8) is 0 Å². The van der Waals surface area contributed by atoms with E-state index in [4.69, 9.17) is 10.5 Å². The van der Waals surface area contributed by atoms with Crippen LogP contribution in [0.4, 0.5) is 0 Å². The van der Waals surface area contributed by atoms with E-state index in [1.807, 2.05) is 6.92 Å². The molecule has 1 aliphatic heterocycles. The minimum Gasteiger partial charge on any atom is -0.466 e. The SMILES string of the molecule is CCOC(=O)C(CN)C1(N2CCCC2)CCCCC1. The molecule has 2 N–H and O–H groups in total. The average Bonchev–Trinajstić information content (AvgIpc) is 2.95. The highest BCUT2D eigenvalue weighted by molar-refractivity contribution is 5.74. The highest BCUT2D eigenvalue weighted by Gasteiger charge is 2.48. The van der Waals surface area contributed by atoms with Crippen molar-refractivity contribution in [3.05, 3.63) is 0 Å². The number of carbonyl (C=O) groups is 1. The van der Waals surface area contributed by atoms with E-state index < -0.39 is 0 Å². The monoisotopic (exact) mass is 268 g/mol. The van der Waals surface area contributed by atoms with E-state index in [1.54, 1.807) is 0 Å². The second-order valence-corrected chi connectivity index (χ2v) is 5.90. The molecule has 2 fully saturated rings. The number of hydrogen-bond donors (Lipinski definition) is 1. The van der Waals surface area contributed by atoms with Crippen molar-refractivity contribution in [2.45, 2.75) is 57.4 Å². The van der Waals surface area contributed by atoms with Crippen LogP contribution in [0.1, 0.15) is 51.9 Å². The van der Waals surface area contributed by atoms with Crippen LogP contribution in [0.5, 0.6) is 0 Å². The van der Waals surface area contributed by atoms with E-state index in [9.17, 15) is 4.79 Å². The minimum atomic E-state index is -0.147. The third-order valence-electron chi connectivity index (χ3n) is 4.91. The molecular formula is C15H28N2O2. The Morgan fingerprint density at radius 1 is 1.21 bits per heavy atom. The van der Waals surface area contributed by atoms with Crippen molar-refractivity contribution in [1.29, 1.82) is 0 Å². The summed E-state index contributed by atoms with van der Waals surface area (Å²) in [6.45, 7) is 4.97. The van der Waals surface area contributed by atoms with Crippen molar-refractivity contribution >= 4 is 5.97 Å². The number of nitrogens with zero attached hydrogens (tertiary/aromatic N) is 1. The summed E-state index contributed by atoms with van der Waals surface area (Å²) in [7, 11) is 0. The predicted octanol–water partition coefficient (Wildman–Crippen LogP) is 1.92. The number of rotatable bonds is 5. The highest BCUT2D eigenvalue weighted by Crippen LogP contribution is 2.41. The van der Waals surface area contributed by atoms with Crippen LogP contribution in [0.15, 0.2) is 0 Å². The molecule has 1 heterocycles. The maximum Gasteiger partial charge on any atom is 0.312 e. The van der Waals surface area contributed by atoms with Crippen molar-refractivity contribution in [1.82, 2.24) is 4.90 Å². The van der Waals surface area contributed by atoms with Gasteiger partial charge in [-0.25, -0.2) is 0 Å². The van der Waals surface area contributed by atoms with E-state index in [1.165, 1.54) is 32.1 Å². The number of ether oxygens (including phenoxy) is 1. The fourth-order valence-electron chi connectivity index (χ4n) is 3.99. The van der Waals surface area contributed by atoms with E-state index >= 15 is 0 Å². The van der Waals surface area contributed by atoms with Gasteiger partial charge < -0.3 is 10.5 Å². The maximum atomic E-state index is 12.3. The van der Waals surface area contributed by atoms with Gasteiger partial charge in [-0.05, 0) is 45.7 Å². The largest absolute Gasteiger partial charge is 0.466 e. The van der Waals surface area contributed by atoms with Crippen LogP contribution in [0.3, 0.4) is 0 Å². The molecule has 1 saturated heterocycles. The number of carbonyl (C=O) groups excluding carboxylic acids is 1. The first-order valence-corrected chi connectivity index (χ1v) is 7.86. The lowest BCUT2D eigenvalue weighted by molar-refractivity contribution is -0.155. The smallest absolute Gasteiger partial charge is 0.312 e. The normalized spacial score (nSPS) is 25.2. The molecule has 1 aliphatic carbocycles. The molecular weight excluding hydrogens is 240 g/mol. The lowest BCUT2D eigenvalue weighted by Gasteiger charge is -2.48. The molecule has 110 valence electrons. The first-order chi connectivity index (χ1) is 9.24. The zero-order valence-corrected chi connectivity index (χ0v) is 12.2. The Morgan fingerprint density at radius 2 is 1.84 bits per heavy atom.